The number of benzene rings is 1. The van der Waals surface area contributed by atoms with E-state index in [2.05, 4.69) is 6.92 Å². The molecule has 2 rings (SSSR count). The van der Waals surface area contributed by atoms with E-state index in [9.17, 15) is 9.90 Å². The predicted molar refractivity (Wildman–Crippen MR) is 81.1 cm³/mol. The Morgan fingerprint density at radius 1 is 1.48 bits per heavy atom. The number of carboxylic acid groups (broad SMARTS) is 1. The first kappa shape index (κ1) is 15.8. The number of ether oxygens (including phenoxy) is 1. The molecule has 1 atom stereocenters. The number of carboxylic acids is 1. The molecule has 0 saturated heterocycles. The number of aliphatic hydroxyl groups is 1. The quantitative estimate of drug-likeness (QED) is 0.717. The summed E-state index contributed by atoms with van der Waals surface area (Å²) in [5.41, 5.74) is 2.34. The molecular formula is C16H23NO4. The van der Waals surface area contributed by atoms with Crippen LogP contribution < -0.4 is 4.90 Å². The molecule has 1 aromatic carbocycles. The fourth-order valence-electron chi connectivity index (χ4n) is 2.54. The number of nitrogens with zero attached hydrogens (tertiary/aromatic N) is 1. The van der Waals surface area contributed by atoms with Crippen molar-refractivity contribution in [3.63, 3.8) is 0 Å². The average Bonchev–Trinajstić information content (AvgIpc) is 2.86. The molecule has 0 bridgehead atoms. The molecule has 5 heteroatoms. The van der Waals surface area contributed by atoms with Gasteiger partial charge >= 0.3 is 5.97 Å². The maximum atomic E-state index is 11.0. The number of carbonyl (C=O) groups is 1. The lowest BCUT2D eigenvalue weighted by atomic mass is 10.1. The highest BCUT2D eigenvalue weighted by atomic mass is 16.5. The van der Waals surface area contributed by atoms with Crippen molar-refractivity contribution in [3.8, 4) is 0 Å². The van der Waals surface area contributed by atoms with E-state index in [4.69, 9.17) is 9.84 Å². The molecule has 0 amide bonds. The third-order valence-electron chi connectivity index (χ3n) is 3.71. The zero-order valence-corrected chi connectivity index (χ0v) is 12.4. The molecule has 1 aliphatic heterocycles. The minimum Gasteiger partial charge on any atom is -0.478 e. The highest BCUT2D eigenvalue weighted by Crippen LogP contribution is 2.29. The SMILES string of the molecule is CCCCOCC(O)CN1CCc2ccc(C(=O)O)cc21. The van der Waals surface area contributed by atoms with E-state index in [1.807, 2.05) is 11.0 Å². The number of fused-ring (bicyclic) bond motifs is 1. The van der Waals surface area contributed by atoms with Gasteiger partial charge in [0.05, 0.1) is 18.3 Å². The summed E-state index contributed by atoms with van der Waals surface area (Å²) < 4.78 is 5.43. The molecule has 0 fully saturated rings. The molecule has 0 saturated carbocycles. The van der Waals surface area contributed by atoms with E-state index in [0.29, 0.717) is 19.8 Å². The maximum Gasteiger partial charge on any atom is 0.335 e. The molecule has 0 radical (unpaired) electrons. The second kappa shape index (κ2) is 7.43. The minimum atomic E-state index is -0.923. The van der Waals surface area contributed by atoms with E-state index < -0.39 is 12.1 Å². The van der Waals surface area contributed by atoms with Gasteiger partial charge in [-0.25, -0.2) is 4.79 Å². The first-order chi connectivity index (χ1) is 10.1. The van der Waals surface area contributed by atoms with Crippen molar-refractivity contribution < 1.29 is 19.7 Å². The Balaban J connectivity index is 1.92. The van der Waals surface area contributed by atoms with Crippen LogP contribution in [0.2, 0.25) is 0 Å². The van der Waals surface area contributed by atoms with Gasteiger partial charge < -0.3 is 19.8 Å². The van der Waals surface area contributed by atoms with Gasteiger partial charge in [0.2, 0.25) is 0 Å². The summed E-state index contributed by atoms with van der Waals surface area (Å²) in [5, 5.41) is 19.1. The van der Waals surface area contributed by atoms with Crippen LogP contribution in [0.1, 0.15) is 35.7 Å². The van der Waals surface area contributed by atoms with Crippen LogP contribution in [0.4, 0.5) is 5.69 Å². The van der Waals surface area contributed by atoms with Gasteiger partial charge in [-0.05, 0) is 30.5 Å². The highest BCUT2D eigenvalue weighted by molar-refractivity contribution is 5.89. The Kier molecular flexibility index (Phi) is 5.59. The van der Waals surface area contributed by atoms with Gasteiger partial charge in [-0.2, -0.15) is 0 Å². The molecule has 0 aromatic heterocycles. The van der Waals surface area contributed by atoms with Gasteiger partial charge in [0, 0.05) is 25.4 Å². The summed E-state index contributed by atoms with van der Waals surface area (Å²) in [7, 11) is 0. The fraction of sp³-hybridized carbons (Fsp3) is 0.562. The topological polar surface area (TPSA) is 70.0 Å². The number of unbranched alkanes of at least 4 members (excludes halogenated alkanes) is 1. The maximum absolute atomic E-state index is 11.0. The van der Waals surface area contributed by atoms with Crippen molar-refractivity contribution >= 4 is 11.7 Å². The number of aliphatic hydroxyl groups excluding tert-OH is 1. The number of anilines is 1. The highest BCUT2D eigenvalue weighted by Gasteiger charge is 2.22. The third-order valence-corrected chi connectivity index (χ3v) is 3.71. The molecule has 116 valence electrons. The Bertz CT molecular complexity index is 489. The van der Waals surface area contributed by atoms with E-state index in [1.165, 1.54) is 0 Å². The molecule has 21 heavy (non-hydrogen) atoms. The number of hydrogen-bond donors (Lipinski definition) is 2. The Morgan fingerprint density at radius 2 is 2.29 bits per heavy atom. The summed E-state index contributed by atoms with van der Waals surface area (Å²) in [4.78, 5) is 13.1. The van der Waals surface area contributed by atoms with Crippen LogP contribution in [-0.4, -0.2) is 48.6 Å². The third kappa shape index (κ3) is 4.19. The average molecular weight is 293 g/mol. The number of aromatic carboxylic acids is 1. The van der Waals surface area contributed by atoms with Gasteiger partial charge in [0.25, 0.3) is 0 Å². The van der Waals surface area contributed by atoms with Gasteiger partial charge in [0.1, 0.15) is 0 Å². The van der Waals surface area contributed by atoms with Gasteiger partial charge in [-0.15, -0.1) is 0 Å². The number of hydrogen-bond acceptors (Lipinski definition) is 4. The van der Waals surface area contributed by atoms with Crippen LogP contribution in [0.25, 0.3) is 0 Å². The van der Waals surface area contributed by atoms with Crippen LogP contribution in [0.15, 0.2) is 18.2 Å². The van der Waals surface area contributed by atoms with Gasteiger partial charge in [-0.3, -0.25) is 0 Å². The van der Waals surface area contributed by atoms with Crippen LogP contribution in [0.5, 0.6) is 0 Å². The van der Waals surface area contributed by atoms with Gasteiger partial charge in [0.15, 0.2) is 0 Å². The normalized spacial score (nSPS) is 15.0. The molecule has 1 aromatic rings. The zero-order valence-electron chi connectivity index (χ0n) is 12.4. The smallest absolute Gasteiger partial charge is 0.335 e. The van der Waals surface area contributed by atoms with E-state index in [1.54, 1.807) is 12.1 Å². The Hall–Kier alpha value is -1.59. The summed E-state index contributed by atoms with van der Waals surface area (Å²) in [6.07, 6.45) is 2.41. The molecule has 1 aliphatic rings. The molecule has 5 nitrogen and oxygen atoms in total. The van der Waals surface area contributed by atoms with Crippen molar-refractivity contribution in [1.82, 2.24) is 0 Å². The van der Waals surface area contributed by atoms with E-state index in [0.717, 1.165) is 37.1 Å². The number of rotatable bonds is 8. The summed E-state index contributed by atoms with van der Waals surface area (Å²) in [5.74, 6) is -0.923. The summed E-state index contributed by atoms with van der Waals surface area (Å²) in [6.45, 7) is 4.38. The fourth-order valence-corrected chi connectivity index (χ4v) is 2.54. The lowest BCUT2D eigenvalue weighted by molar-refractivity contribution is 0.0393. The number of β-amino-alcohol motifs (C(OH)–C–C–N with tert-alkyl or cyclic N) is 1. The van der Waals surface area contributed by atoms with Crippen molar-refractivity contribution in [2.45, 2.75) is 32.3 Å². The first-order valence-electron chi connectivity index (χ1n) is 7.48. The second-order valence-corrected chi connectivity index (χ2v) is 5.43. The summed E-state index contributed by atoms with van der Waals surface area (Å²) >= 11 is 0. The molecule has 1 unspecified atom stereocenters. The molecular weight excluding hydrogens is 270 g/mol. The van der Waals surface area contributed by atoms with Crippen LogP contribution in [0, 0.1) is 0 Å². The standard InChI is InChI=1S/C16H23NO4/c1-2-3-8-21-11-14(18)10-17-7-6-12-4-5-13(16(19)20)9-15(12)17/h4-5,9,14,18H,2-3,6-8,10-11H2,1H3,(H,19,20). The minimum absolute atomic E-state index is 0.286. The zero-order chi connectivity index (χ0) is 15.2. The van der Waals surface area contributed by atoms with Crippen molar-refractivity contribution in [3.05, 3.63) is 29.3 Å². The lowest BCUT2D eigenvalue weighted by Gasteiger charge is -2.23. The van der Waals surface area contributed by atoms with Crippen molar-refractivity contribution in [2.24, 2.45) is 0 Å². The molecule has 0 spiro atoms. The predicted octanol–water partition coefficient (Wildman–Crippen LogP) is 1.92. The van der Waals surface area contributed by atoms with Crippen LogP contribution >= 0.6 is 0 Å². The first-order valence-corrected chi connectivity index (χ1v) is 7.48. The van der Waals surface area contributed by atoms with E-state index >= 15 is 0 Å². The Morgan fingerprint density at radius 3 is 3.00 bits per heavy atom. The van der Waals surface area contributed by atoms with Gasteiger partial charge in [-0.1, -0.05) is 19.4 Å². The van der Waals surface area contributed by atoms with Crippen molar-refractivity contribution in [2.75, 3.05) is 31.2 Å². The van der Waals surface area contributed by atoms with Crippen LogP contribution in [-0.2, 0) is 11.2 Å². The van der Waals surface area contributed by atoms with Crippen LogP contribution in [0.3, 0.4) is 0 Å². The largest absolute Gasteiger partial charge is 0.478 e. The second-order valence-electron chi connectivity index (χ2n) is 5.43. The van der Waals surface area contributed by atoms with E-state index in [-0.39, 0.29) is 5.56 Å². The molecule has 0 aliphatic carbocycles. The Labute approximate surface area is 125 Å². The molecule has 2 N–H and O–H groups in total. The summed E-state index contributed by atoms with van der Waals surface area (Å²) in [6, 6.07) is 5.19. The lowest BCUT2D eigenvalue weighted by Crippen LogP contribution is -2.34. The molecule has 1 heterocycles. The monoisotopic (exact) mass is 293 g/mol. The van der Waals surface area contributed by atoms with Crippen molar-refractivity contribution in [1.29, 1.82) is 0 Å².